The Morgan fingerprint density at radius 3 is 2.60 bits per heavy atom. The highest BCUT2D eigenvalue weighted by Gasteiger charge is 2.15. The molecule has 2 aromatic rings. The van der Waals surface area contributed by atoms with Crippen molar-refractivity contribution in [1.82, 2.24) is 10.2 Å². The van der Waals surface area contributed by atoms with Gasteiger partial charge in [0.25, 0.3) is 0 Å². The van der Waals surface area contributed by atoms with E-state index in [1.165, 1.54) is 18.2 Å². The van der Waals surface area contributed by atoms with Gasteiger partial charge < -0.3 is 5.11 Å². The number of aliphatic hydroxyl groups is 1. The Balaban J connectivity index is 2.08. The molecule has 1 atom stereocenters. The molecule has 25 heavy (non-hydrogen) atoms. The number of hydrogen-bond donors (Lipinski definition) is 1. The fraction of sp³-hybridized carbons (Fsp3) is 0.300. The Morgan fingerprint density at radius 2 is 1.96 bits per heavy atom. The van der Waals surface area contributed by atoms with Gasteiger partial charge in [0.2, 0.25) is 0 Å². The molecule has 0 aliphatic carbocycles. The summed E-state index contributed by atoms with van der Waals surface area (Å²) in [7, 11) is 0. The summed E-state index contributed by atoms with van der Waals surface area (Å²) in [4.78, 5) is 0. The lowest BCUT2D eigenvalue weighted by Crippen LogP contribution is -1.98. The van der Waals surface area contributed by atoms with Crippen LogP contribution in [0.1, 0.15) is 37.4 Å². The number of benzene rings is 1. The van der Waals surface area contributed by atoms with E-state index >= 15 is 0 Å². The normalized spacial score (nSPS) is 12.5. The molecule has 0 radical (unpaired) electrons. The number of hydrogen-bond acceptors (Lipinski definition) is 3. The molecule has 5 heteroatoms. The highest BCUT2D eigenvalue weighted by molar-refractivity contribution is 5.61. The van der Waals surface area contributed by atoms with E-state index in [0.717, 1.165) is 19.3 Å². The molecule has 0 fully saturated rings. The minimum Gasteiger partial charge on any atom is -0.393 e. The van der Waals surface area contributed by atoms with Crippen LogP contribution in [0.3, 0.4) is 0 Å². The van der Waals surface area contributed by atoms with Crippen LogP contribution in [0.2, 0.25) is 0 Å². The molecule has 0 bridgehead atoms. The first kappa shape index (κ1) is 18.9. The van der Waals surface area contributed by atoms with E-state index in [1.54, 1.807) is 19.1 Å². The summed E-state index contributed by atoms with van der Waals surface area (Å²) in [5.74, 6) is -1.80. The van der Waals surface area contributed by atoms with Gasteiger partial charge in [-0.3, -0.25) is 0 Å². The van der Waals surface area contributed by atoms with Crippen LogP contribution in [-0.4, -0.2) is 21.4 Å². The van der Waals surface area contributed by atoms with E-state index in [-0.39, 0.29) is 29.3 Å². The highest BCUT2D eigenvalue weighted by atomic mass is 19.2. The fourth-order valence-corrected chi connectivity index (χ4v) is 2.41. The van der Waals surface area contributed by atoms with E-state index in [0.29, 0.717) is 5.69 Å². The minimum atomic E-state index is -0.921. The van der Waals surface area contributed by atoms with Crippen molar-refractivity contribution in [3.05, 3.63) is 65.9 Å². The molecule has 2 rings (SSSR count). The lowest BCUT2D eigenvalue weighted by molar-refractivity contribution is 0.182. The number of nitrogens with zero attached hydrogens (tertiary/aromatic N) is 2. The predicted octanol–water partition coefficient (Wildman–Crippen LogP) is 4.71. The molecule has 0 saturated heterocycles. The maximum absolute atomic E-state index is 14.2. The van der Waals surface area contributed by atoms with Gasteiger partial charge in [-0.25, -0.2) is 8.78 Å². The van der Waals surface area contributed by atoms with Crippen molar-refractivity contribution >= 4 is 6.08 Å². The van der Waals surface area contributed by atoms with Crippen LogP contribution < -0.4 is 0 Å². The van der Waals surface area contributed by atoms with E-state index in [2.05, 4.69) is 16.8 Å². The second kappa shape index (κ2) is 9.18. The molecule has 0 amide bonds. The third-order valence-electron chi connectivity index (χ3n) is 3.77. The second-order valence-electron chi connectivity index (χ2n) is 5.92. The molecule has 132 valence electrons. The molecule has 0 aliphatic heterocycles. The Morgan fingerprint density at radius 1 is 1.16 bits per heavy atom. The Hall–Kier alpha value is -2.40. The summed E-state index contributed by atoms with van der Waals surface area (Å²) in [6, 6.07) is 6.37. The summed E-state index contributed by atoms with van der Waals surface area (Å²) in [6.45, 7) is 5.29. The van der Waals surface area contributed by atoms with Crippen LogP contribution in [0.4, 0.5) is 8.78 Å². The fourth-order valence-electron chi connectivity index (χ4n) is 2.41. The third-order valence-corrected chi connectivity index (χ3v) is 3.77. The van der Waals surface area contributed by atoms with Crippen molar-refractivity contribution in [3.8, 4) is 11.3 Å². The van der Waals surface area contributed by atoms with Gasteiger partial charge in [-0.15, -0.1) is 11.7 Å². The summed E-state index contributed by atoms with van der Waals surface area (Å²) < 4.78 is 28.2. The van der Waals surface area contributed by atoms with E-state index < -0.39 is 11.6 Å². The molecule has 0 saturated carbocycles. The monoisotopic (exact) mass is 344 g/mol. The van der Waals surface area contributed by atoms with Crippen LogP contribution >= 0.6 is 0 Å². The molecule has 1 heterocycles. The average Bonchev–Trinajstić information content (AvgIpc) is 2.59. The van der Waals surface area contributed by atoms with Crippen molar-refractivity contribution < 1.29 is 13.9 Å². The molecule has 0 aliphatic rings. The summed E-state index contributed by atoms with van der Waals surface area (Å²) in [5.41, 5.74) is 1.28. The standard InChI is InChI=1S/C20H22F2N2O/c1-3-7-15-10-12-17(20(22)19(15)21)18-13-11-16(23-24-18)9-6-4-5-8-14(2)25/h3,6,9-14,25H,1,4-5,7-8H2,2H3. The minimum absolute atomic E-state index is 0.0882. The van der Waals surface area contributed by atoms with Gasteiger partial charge in [0.1, 0.15) is 0 Å². The molecule has 1 aromatic carbocycles. The van der Waals surface area contributed by atoms with Gasteiger partial charge in [-0.1, -0.05) is 18.2 Å². The molecule has 1 aromatic heterocycles. The van der Waals surface area contributed by atoms with Gasteiger partial charge in [0, 0.05) is 5.56 Å². The first-order valence-corrected chi connectivity index (χ1v) is 8.29. The van der Waals surface area contributed by atoms with Crippen LogP contribution in [0.5, 0.6) is 0 Å². The quantitative estimate of drug-likeness (QED) is 0.557. The smallest absolute Gasteiger partial charge is 0.168 e. The lowest BCUT2D eigenvalue weighted by Gasteiger charge is -2.06. The number of aliphatic hydroxyl groups excluding tert-OH is 1. The van der Waals surface area contributed by atoms with Gasteiger partial charge in [-0.2, -0.15) is 5.10 Å². The molecule has 1 N–H and O–H groups in total. The first-order valence-electron chi connectivity index (χ1n) is 8.29. The van der Waals surface area contributed by atoms with E-state index in [1.807, 2.05) is 12.2 Å². The maximum atomic E-state index is 14.2. The summed E-state index contributed by atoms with van der Waals surface area (Å²) >= 11 is 0. The zero-order valence-corrected chi connectivity index (χ0v) is 14.3. The average molecular weight is 344 g/mol. The first-order chi connectivity index (χ1) is 12.0. The number of rotatable bonds is 8. The van der Waals surface area contributed by atoms with Crippen molar-refractivity contribution in [2.24, 2.45) is 0 Å². The van der Waals surface area contributed by atoms with Gasteiger partial charge in [-0.05, 0) is 62.4 Å². The lowest BCUT2D eigenvalue weighted by atomic mass is 10.0. The molecular weight excluding hydrogens is 322 g/mol. The number of aromatic nitrogens is 2. The van der Waals surface area contributed by atoms with Crippen molar-refractivity contribution in [1.29, 1.82) is 0 Å². The van der Waals surface area contributed by atoms with Gasteiger partial charge >= 0.3 is 0 Å². The molecule has 3 nitrogen and oxygen atoms in total. The van der Waals surface area contributed by atoms with Gasteiger partial charge in [0.15, 0.2) is 11.6 Å². The van der Waals surface area contributed by atoms with Gasteiger partial charge in [0.05, 0.1) is 17.5 Å². The van der Waals surface area contributed by atoms with Crippen LogP contribution in [-0.2, 0) is 6.42 Å². The molecule has 1 unspecified atom stereocenters. The Bertz CT molecular complexity index is 740. The zero-order valence-electron chi connectivity index (χ0n) is 14.3. The van der Waals surface area contributed by atoms with E-state index in [4.69, 9.17) is 0 Å². The topological polar surface area (TPSA) is 46.0 Å². The van der Waals surface area contributed by atoms with Crippen LogP contribution in [0.15, 0.2) is 43.0 Å². The second-order valence-corrected chi connectivity index (χ2v) is 5.92. The largest absolute Gasteiger partial charge is 0.393 e. The van der Waals surface area contributed by atoms with Crippen molar-refractivity contribution in [2.45, 2.75) is 38.7 Å². The highest BCUT2D eigenvalue weighted by Crippen LogP contribution is 2.25. The summed E-state index contributed by atoms with van der Waals surface area (Å²) in [6.07, 6.45) is 7.76. The Kier molecular flexibility index (Phi) is 6.95. The number of allylic oxidation sites excluding steroid dienone is 2. The third kappa shape index (κ3) is 5.29. The predicted molar refractivity (Wildman–Crippen MR) is 95.9 cm³/mol. The van der Waals surface area contributed by atoms with Crippen molar-refractivity contribution in [2.75, 3.05) is 0 Å². The Labute approximate surface area is 146 Å². The van der Waals surface area contributed by atoms with Crippen LogP contribution in [0.25, 0.3) is 17.3 Å². The molecular formula is C20H22F2N2O. The maximum Gasteiger partial charge on any atom is 0.168 e. The number of halogens is 2. The SMILES string of the molecule is C=CCc1ccc(-c2ccc(C=CCCCC(C)O)nn2)c(F)c1F. The molecule has 0 spiro atoms. The van der Waals surface area contributed by atoms with E-state index in [9.17, 15) is 13.9 Å². The zero-order chi connectivity index (χ0) is 18.2. The summed E-state index contributed by atoms with van der Waals surface area (Å²) in [5, 5.41) is 17.2. The number of unbranched alkanes of at least 4 members (excludes halogenated alkanes) is 1. The van der Waals surface area contributed by atoms with Crippen molar-refractivity contribution in [3.63, 3.8) is 0 Å². The van der Waals surface area contributed by atoms with Crippen LogP contribution in [0, 0.1) is 11.6 Å².